The van der Waals surface area contributed by atoms with Crippen molar-refractivity contribution in [2.24, 2.45) is 5.10 Å². The summed E-state index contributed by atoms with van der Waals surface area (Å²) in [4.78, 5) is 12.3. The maximum atomic E-state index is 12.9. The Bertz CT molecular complexity index is 1110. The van der Waals surface area contributed by atoms with Crippen molar-refractivity contribution in [1.82, 2.24) is 5.43 Å². The van der Waals surface area contributed by atoms with Crippen LogP contribution in [0.3, 0.4) is 0 Å². The SMILES string of the molecule is COc1cc(C=NNC(=S)Nc2ccc(F)cc2)ccc1OC(=O)c1ccc(Cl)cc1. The van der Waals surface area contributed by atoms with Gasteiger partial charge in [0.15, 0.2) is 16.6 Å². The first-order chi connectivity index (χ1) is 14.9. The van der Waals surface area contributed by atoms with E-state index >= 15 is 0 Å². The van der Waals surface area contributed by atoms with E-state index in [1.165, 1.54) is 25.5 Å². The Morgan fingerprint density at radius 2 is 1.77 bits per heavy atom. The molecule has 0 bridgehead atoms. The van der Waals surface area contributed by atoms with Crippen molar-refractivity contribution in [1.29, 1.82) is 0 Å². The van der Waals surface area contributed by atoms with Crippen molar-refractivity contribution in [3.8, 4) is 11.5 Å². The van der Waals surface area contributed by atoms with Gasteiger partial charge in [-0.2, -0.15) is 5.10 Å². The molecule has 158 valence electrons. The highest BCUT2D eigenvalue weighted by molar-refractivity contribution is 7.80. The van der Waals surface area contributed by atoms with E-state index in [4.69, 9.17) is 33.3 Å². The van der Waals surface area contributed by atoms with Crippen molar-refractivity contribution in [3.05, 3.63) is 88.7 Å². The predicted octanol–water partition coefficient (Wildman–Crippen LogP) is 5.03. The molecule has 0 aliphatic heterocycles. The number of carbonyl (C=O) groups excluding carboxylic acids is 1. The number of nitrogens with one attached hydrogen (secondary N) is 2. The maximum absolute atomic E-state index is 12.9. The van der Waals surface area contributed by atoms with E-state index in [1.54, 1.807) is 54.6 Å². The molecule has 2 N–H and O–H groups in total. The van der Waals surface area contributed by atoms with Crippen LogP contribution in [0.15, 0.2) is 71.8 Å². The van der Waals surface area contributed by atoms with E-state index in [-0.39, 0.29) is 16.7 Å². The Hall–Kier alpha value is -3.49. The van der Waals surface area contributed by atoms with Gasteiger partial charge in [-0.1, -0.05) is 11.6 Å². The van der Waals surface area contributed by atoms with Gasteiger partial charge in [-0.3, -0.25) is 5.43 Å². The third kappa shape index (κ3) is 6.50. The summed E-state index contributed by atoms with van der Waals surface area (Å²) in [5.41, 5.74) is 4.34. The predicted molar refractivity (Wildman–Crippen MR) is 123 cm³/mol. The molecule has 0 spiro atoms. The van der Waals surface area contributed by atoms with Gasteiger partial charge in [0.25, 0.3) is 0 Å². The molecule has 6 nitrogen and oxygen atoms in total. The summed E-state index contributed by atoms with van der Waals surface area (Å²) in [5, 5.41) is 7.69. The Morgan fingerprint density at radius 1 is 1.06 bits per heavy atom. The van der Waals surface area contributed by atoms with Gasteiger partial charge in [0.05, 0.1) is 18.9 Å². The Labute approximate surface area is 188 Å². The molecule has 0 radical (unpaired) electrons. The fourth-order valence-electron chi connectivity index (χ4n) is 2.45. The van der Waals surface area contributed by atoms with Crippen LogP contribution in [0.1, 0.15) is 15.9 Å². The zero-order valence-corrected chi connectivity index (χ0v) is 17.8. The fraction of sp³-hybridized carbons (Fsp3) is 0.0455. The number of benzene rings is 3. The molecule has 3 rings (SSSR count). The van der Waals surface area contributed by atoms with Crippen LogP contribution in [0.5, 0.6) is 11.5 Å². The lowest BCUT2D eigenvalue weighted by atomic mass is 10.2. The Morgan fingerprint density at radius 3 is 2.45 bits per heavy atom. The molecule has 0 unspecified atom stereocenters. The minimum atomic E-state index is -0.532. The zero-order valence-electron chi connectivity index (χ0n) is 16.3. The van der Waals surface area contributed by atoms with Crippen molar-refractivity contribution >= 4 is 46.8 Å². The van der Waals surface area contributed by atoms with E-state index in [0.29, 0.717) is 27.6 Å². The van der Waals surface area contributed by atoms with Gasteiger partial charge in [-0.25, -0.2) is 9.18 Å². The first-order valence-corrected chi connectivity index (χ1v) is 9.74. The number of ether oxygens (including phenoxy) is 2. The van der Waals surface area contributed by atoms with E-state index in [9.17, 15) is 9.18 Å². The molecule has 0 heterocycles. The zero-order chi connectivity index (χ0) is 22.2. The van der Waals surface area contributed by atoms with Crippen molar-refractivity contribution in [2.45, 2.75) is 0 Å². The molecule has 0 amide bonds. The average molecular weight is 458 g/mol. The topological polar surface area (TPSA) is 71.9 Å². The summed E-state index contributed by atoms with van der Waals surface area (Å²) in [5.74, 6) is -0.242. The highest BCUT2D eigenvalue weighted by Gasteiger charge is 2.12. The third-order valence-corrected chi connectivity index (χ3v) is 4.40. The van der Waals surface area contributed by atoms with Crippen LogP contribution in [0.4, 0.5) is 10.1 Å². The van der Waals surface area contributed by atoms with Crippen LogP contribution in [0.2, 0.25) is 5.02 Å². The lowest BCUT2D eigenvalue weighted by Crippen LogP contribution is -2.23. The van der Waals surface area contributed by atoms with E-state index in [2.05, 4.69) is 15.8 Å². The molecule has 0 saturated heterocycles. The number of hydrazone groups is 1. The Kier molecular flexibility index (Phi) is 7.53. The fourth-order valence-corrected chi connectivity index (χ4v) is 2.75. The summed E-state index contributed by atoms with van der Waals surface area (Å²) in [7, 11) is 1.47. The molecule has 0 aliphatic carbocycles. The standard InChI is InChI=1S/C22H17ClFN3O3S/c1-29-20-12-14(13-25-27-22(31)26-18-9-7-17(24)8-10-18)2-11-19(20)30-21(28)15-3-5-16(23)6-4-15/h2-13H,1H3,(H2,26,27,31). The summed E-state index contributed by atoms with van der Waals surface area (Å²) < 4.78 is 23.7. The lowest BCUT2D eigenvalue weighted by molar-refractivity contribution is 0.0729. The molecule has 3 aromatic rings. The maximum Gasteiger partial charge on any atom is 0.343 e. The average Bonchev–Trinajstić information content (AvgIpc) is 2.76. The number of nitrogens with zero attached hydrogens (tertiary/aromatic N) is 1. The molecule has 3 aromatic carbocycles. The number of halogens is 2. The second-order valence-electron chi connectivity index (χ2n) is 6.14. The number of hydrogen-bond acceptors (Lipinski definition) is 5. The second kappa shape index (κ2) is 10.5. The van der Waals surface area contributed by atoms with Crippen LogP contribution < -0.4 is 20.2 Å². The molecule has 31 heavy (non-hydrogen) atoms. The van der Waals surface area contributed by atoms with Crippen LogP contribution in [-0.2, 0) is 0 Å². The molecular formula is C22H17ClFN3O3S. The van der Waals surface area contributed by atoms with Gasteiger partial charge in [0, 0.05) is 10.7 Å². The molecular weight excluding hydrogens is 441 g/mol. The third-order valence-electron chi connectivity index (χ3n) is 3.95. The summed E-state index contributed by atoms with van der Waals surface area (Å²) in [6.07, 6.45) is 1.52. The number of carbonyl (C=O) groups is 1. The van der Waals surface area contributed by atoms with Gasteiger partial charge >= 0.3 is 5.97 Å². The van der Waals surface area contributed by atoms with Gasteiger partial charge in [-0.05, 0) is 84.5 Å². The van der Waals surface area contributed by atoms with Crippen LogP contribution in [0, 0.1) is 5.82 Å². The van der Waals surface area contributed by atoms with Gasteiger partial charge in [0.2, 0.25) is 0 Å². The first-order valence-electron chi connectivity index (χ1n) is 8.96. The number of thiocarbonyl (C=S) groups is 1. The summed E-state index contributed by atoms with van der Waals surface area (Å²) >= 11 is 11.0. The second-order valence-corrected chi connectivity index (χ2v) is 6.98. The molecule has 0 aliphatic rings. The highest BCUT2D eigenvalue weighted by Crippen LogP contribution is 2.28. The van der Waals surface area contributed by atoms with Crippen LogP contribution in [-0.4, -0.2) is 24.4 Å². The molecule has 9 heteroatoms. The lowest BCUT2D eigenvalue weighted by Gasteiger charge is -2.10. The monoisotopic (exact) mass is 457 g/mol. The van der Waals surface area contributed by atoms with Gasteiger partial charge in [-0.15, -0.1) is 0 Å². The number of methoxy groups -OCH3 is 1. The quantitative estimate of drug-likeness (QED) is 0.178. The highest BCUT2D eigenvalue weighted by atomic mass is 35.5. The van der Waals surface area contributed by atoms with Gasteiger partial charge in [0.1, 0.15) is 5.82 Å². The van der Waals surface area contributed by atoms with Gasteiger partial charge < -0.3 is 14.8 Å². The first kappa shape index (κ1) is 22.2. The minimum absolute atomic E-state index is 0.239. The molecule has 0 atom stereocenters. The minimum Gasteiger partial charge on any atom is -0.493 e. The molecule has 0 aromatic heterocycles. The molecule has 0 saturated carbocycles. The Balaban J connectivity index is 1.61. The molecule has 0 fully saturated rings. The summed E-state index contributed by atoms with van der Waals surface area (Å²) in [6, 6.07) is 17.1. The van der Waals surface area contributed by atoms with E-state index in [1.807, 2.05) is 0 Å². The van der Waals surface area contributed by atoms with E-state index in [0.717, 1.165) is 0 Å². The largest absolute Gasteiger partial charge is 0.493 e. The summed E-state index contributed by atoms with van der Waals surface area (Å²) in [6.45, 7) is 0. The van der Waals surface area contributed by atoms with Crippen molar-refractivity contribution in [3.63, 3.8) is 0 Å². The smallest absolute Gasteiger partial charge is 0.343 e. The van der Waals surface area contributed by atoms with Crippen molar-refractivity contribution < 1.29 is 18.7 Å². The number of rotatable bonds is 6. The normalized spacial score (nSPS) is 10.5. The number of hydrogen-bond donors (Lipinski definition) is 2. The van der Waals surface area contributed by atoms with Crippen molar-refractivity contribution in [2.75, 3.05) is 12.4 Å². The number of esters is 1. The van der Waals surface area contributed by atoms with Crippen LogP contribution in [0.25, 0.3) is 0 Å². The van der Waals surface area contributed by atoms with Crippen LogP contribution >= 0.6 is 23.8 Å². The van der Waals surface area contributed by atoms with E-state index < -0.39 is 5.97 Å². The number of anilines is 1.